The van der Waals surface area contributed by atoms with Gasteiger partial charge < -0.3 is 18.9 Å². The van der Waals surface area contributed by atoms with E-state index in [-0.39, 0.29) is 17.9 Å². The third-order valence-electron chi connectivity index (χ3n) is 5.65. The molecule has 0 radical (unpaired) electrons. The van der Waals surface area contributed by atoms with Crippen molar-refractivity contribution in [3.8, 4) is 0 Å². The Morgan fingerprint density at radius 1 is 1.29 bits per heavy atom. The van der Waals surface area contributed by atoms with E-state index in [0.717, 1.165) is 11.9 Å². The van der Waals surface area contributed by atoms with Crippen LogP contribution in [0.25, 0.3) is 0 Å². The summed E-state index contributed by atoms with van der Waals surface area (Å²) >= 11 is 0. The van der Waals surface area contributed by atoms with Crippen molar-refractivity contribution in [3.63, 3.8) is 0 Å². The second kappa shape index (κ2) is 5.88. The number of carbonyl (C=O) groups is 2. The topological polar surface area (TPSA) is 65.1 Å². The fourth-order valence-corrected chi connectivity index (χ4v) is 3.61. The lowest BCUT2D eigenvalue weighted by Crippen LogP contribution is -2.48. The van der Waals surface area contributed by atoms with Gasteiger partial charge in [0.2, 0.25) is 5.91 Å². The molecule has 0 saturated carbocycles. The number of nitrogens with zero attached hydrogens (tertiary/aromatic N) is 1. The molecule has 6 nitrogen and oxygen atoms in total. The normalized spacial score (nSPS) is 31.0. The molecular weight excluding hydrogens is 309 g/mol. The molecule has 0 aromatic heterocycles. The Morgan fingerprint density at radius 2 is 1.92 bits per heavy atom. The second-order valence-electron chi connectivity index (χ2n) is 7.76. The molecule has 3 aliphatic heterocycles. The van der Waals surface area contributed by atoms with Gasteiger partial charge in [-0.3, -0.25) is 4.79 Å². The zero-order valence-electron chi connectivity index (χ0n) is 15.1. The summed E-state index contributed by atoms with van der Waals surface area (Å²) in [5.41, 5.74) is 0.00772. The maximum absolute atomic E-state index is 12.6. The highest BCUT2D eigenvalue weighted by Crippen LogP contribution is 2.41. The van der Waals surface area contributed by atoms with Crippen LogP contribution in [-0.2, 0) is 23.6 Å². The fraction of sp³-hybridized carbons (Fsp3) is 0.765. The van der Waals surface area contributed by atoms with Gasteiger partial charge in [0.1, 0.15) is 6.04 Å². The van der Waals surface area contributed by atoms with Crippen LogP contribution in [0.1, 0.15) is 53.9 Å². The van der Waals surface area contributed by atoms with Crippen LogP contribution in [0.5, 0.6) is 0 Å². The van der Waals surface area contributed by atoms with Crippen molar-refractivity contribution in [2.45, 2.75) is 77.2 Å². The predicted molar refractivity (Wildman–Crippen MR) is 89.1 cm³/mol. The highest BCUT2D eigenvalue weighted by Gasteiger charge is 2.54. The van der Waals surface area contributed by atoms with Gasteiger partial charge in [-0.05, 0) is 65.4 Å². The number of esters is 1. The standard InChI is InChI=1S/C17H26BNO5/c1-6-22-15(21)13-8-7-12-9-11(10-14(20)19(12)13)18-23-16(2,3)17(4,5)24-18/h10,12-13H,6-9H2,1-5H3. The fourth-order valence-electron chi connectivity index (χ4n) is 3.61. The van der Waals surface area contributed by atoms with E-state index in [9.17, 15) is 9.59 Å². The van der Waals surface area contributed by atoms with E-state index in [0.29, 0.717) is 19.4 Å². The molecule has 0 bridgehead atoms. The first-order valence-corrected chi connectivity index (χ1v) is 8.71. The Balaban J connectivity index is 1.77. The molecule has 0 aromatic carbocycles. The van der Waals surface area contributed by atoms with Crippen LogP contribution < -0.4 is 0 Å². The van der Waals surface area contributed by atoms with Crippen LogP contribution >= 0.6 is 0 Å². The molecule has 0 aromatic rings. The van der Waals surface area contributed by atoms with Gasteiger partial charge in [0.15, 0.2) is 0 Å². The van der Waals surface area contributed by atoms with Gasteiger partial charge >= 0.3 is 13.1 Å². The van der Waals surface area contributed by atoms with Gasteiger partial charge in [0.25, 0.3) is 0 Å². The first-order chi connectivity index (χ1) is 11.2. The second-order valence-corrected chi connectivity index (χ2v) is 7.76. The average molecular weight is 335 g/mol. The summed E-state index contributed by atoms with van der Waals surface area (Å²) in [7, 11) is -0.497. The monoisotopic (exact) mass is 335 g/mol. The summed E-state index contributed by atoms with van der Waals surface area (Å²) in [5, 5.41) is 0. The van der Waals surface area contributed by atoms with Gasteiger partial charge in [-0.25, -0.2) is 4.79 Å². The Bertz CT molecular complexity index is 570. The Kier molecular flexibility index (Phi) is 4.28. The molecule has 0 N–H and O–H groups in total. The van der Waals surface area contributed by atoms with Crippen LogP contribution in [0.15, 0.2) is 11.5 Å². The van der Waals surface area contributed by atoms with E-state index in [1.807, 2.05) is 27.7 Å². The van der Waals surface area contributed by atoms with Gasteiger partial charge in [-0.2, -0.15) is 0 Å². The van der Waals surface area contributed by atoms with Crippen molar-refractivity contribution in [1.29, 1.82) is 0 Å². The van der Waals surface area contributed by atoms with E-state index in [2.05, 4.69) is 0 Å². The van der Waals surface area contributed by atoms with E-state index in [4.69, 9.17) is 14.0 Å². The van der Waals surface area contributed by atoms with Crippen LogP contribution in [0, 0.1) is 0 Å². The Hall–Kier alpha value is -1.34. The van der Waals surface area contributed by atoms with Gasteiger partial charge in [0.05, 0.1) is 17.8 Å². The highest BCUT2D eigenvalue weighted by molar-refractivity contribution is 6.55. The molecule has 24 heavy (non-hydrogen) atoms. The minimum atomic E-state index is -0.497. The molecule has 2 saturated heterocycles. The van der Waals surface area contributed by atoms with Crippen molar-refractivity contribution in [2.24, 2.45) is 0 Å². The molecule has 2 atom stereocenters. The van der Waals surface area contributed by atoms with Crippen LogP contribution in [0.4, 0.5) is 0 Å². The molecule has 7 heteroatoms. The van der Waals surface area contributed by atoms with E-state index in [1.54, 1.807) is 17.9 Å². The summed E-state index contributed by atoms with van der Waals surface area (Å²) < 4.78 is 17.2. The molecule has 0 spiro atoms. The summed E-state index contributed by atoms with van der Waals surface area (Å²) in [6.07, 6.45) is 3.71. The van der Waals surface area contributed by atoms with Crippen molar-refractivity contribution >= 4 is 19.0 Å². The number of hydrogen-bond donors (Lipinski definition) is 0. The summed E-state index contributed by atoms with van der Waals surface area (Å²) in [4.78, 5) is 26.4. The van der Waals surface area contributed by atoms with Gasteiger partial charge in [-0.1, -0.05) is 0 Å². The molecule has 2 fully saturated rings. The van der Waals surface area contributed by atoms with E-state index in [1.165, 1.54) is 0 Å². The number of amides is 1. The van der Waals surface area contributed by atoms with Crippen molar-refractivity contribution in [3.05, 3.63) is 11.5 Å². The minimum Gasteiger partial charge on any atom is -0.464 e. The molecular formula is C17H26BNO5. The Morgan fingerprint density at radius 3 is 2.50 bits per heavy atom. The average Bonchev–Trinajstić information content (AvgIpc) is 2.98. The molecule has 2 unspecified atom stereocenters. The van der Waals surface area contributed by atoms with E-state index >= 15 is 0 Å². The predicted octanol–water partition coefficient (Wildman–Crippen LogP) is 1.87. The SMILES string of the molecule is CCOC(=O)C1CCC2CC(B3OC(C)(C)C(C)(C)O3)=CC(=O)N21. The van der Waals surface area contributed by atoms with Crippen LogP contribution in [0.2, 0.25) is 0 Å². The lowest BCUT2D eigenvalue weighted by molar-refractivity contribution is -0.153. The molecule has 1 amide bonds. The van der Waals surface area contributed by atoms with Crippen molar-refractivity contribution in [1.82, 2.24) is 4.90 Å². The van der Waals surface area contributed by atoms with Gasteiger partial charge in [0, 0.05) is 6.04 Å². The first-order valence-electron chi connectivity index (χ1n) is 8.71. The number of ether oxygens (including phenoxy) is 1. The zero-order chi connectivity index (χ0) is 17.7. The first kappa shape index (κ1) is 17.5. The number of fused-ring (bicyclic) bond motifs is 1. The molecule has 3 aliphatic rings. The van der Waals surface area contributed by atoms with Crippen LogP contribution in [0.3, 0.4) is 0 Å². The summed E-state index contributed by atoms with van der Waals surface area (Å²) in [5.74, 6) is -0.452. The minimum absolute atomic E-state index is 0.0194. The molecule has 132 valence electrons. The quantitative estimate of drug-likeness (QED) is 0.582. The molecule has 3 rings (SSSR count). The lowest BCUT2D eigenvalue weighted by Gasteiger charge is -2.33. The zero-order valence-corrected chi connectivity index (χ0v) is 15.1. The largest absolute Gasteiger partial charge is 0.490 e. The number of carbonyl (C=O) groups excluding carboxylic acids is 2. The maximum Gasteiger partial charge on any atom is 0.490 e. The summed E-state index contributed by atoms with van der Waals surface area (Å²) in [6, 6.07) is -0.440. The van der Waals surface area contributed by atoms with E-state index < -0.39 is 24.4 Å². The highest BCUT2D eigenvalue weighted by atomic mass is 16.7. The van der Waals surface area contributed by atoms with Crippen LogP contribution in [-0.4, -0.2) is 53.8 Å². The number of rotatable bonds is 3. The molecule has 0 aliphatic carbocycles. The smallest absolute Gasteiger partial charge is 0.464 e. The maximum atomic E-state index is 12.6. The Labute approximate surface area is 143 Å². The van der Waals surface area contributed by atoms with Gasteiger partial charge in [-0.15, -0.1) is 0 Å². The van der Waals surface area contributed by atoms with Crippen molar-refractivity contribution < 1.29 is 23.6 Å². The number of hydrogen-bond acceptors (Lipinski definition) is 5. The lowest BCUT2D eigenvalue weighted by atomic mass is 9.73. The third-order valence-corrected chi connectivity index (χ3v) is 5.65. The third kappa shape index (κ3) is 2.77. The van der Waals surface area contributed by atoms with Crippen molar-refractivity contribution in [2.75, 3.05) is 6.61 Å². The molecule has 3 heterocycles. The summed E-state index contributed by atoms with van der Waals surface area (Å²) in [6.45, 7) is 10.1.